The molecule has 0 radical (unpaired) electrons. The van der Waals surface area contributed by atoms with Gasteiger partial charge >= 0.3 is 0 Å². The van der Waals surface area contributed by atoms with Crippen LogP contribution in [0.15, 0.2) is 51.1 Å². The van der Waals surface area contributed by atoms with Gasteiger partial charge in [-0.25, -0.2) is 8.42 Å². The summed E-state index contributed by atoms with van der Waals surface area (Å²) in [7, 11) is -3.30. The molecule has 0 spiro atoms. The van der Waals surface area contributed by atoms with Crippen molar-refractivity contribution in [3.05, 3.63) is 47.5 Å². The van der Waals surface area contributed by atoms with Gasteiger partial charge in [-0.05, 0) is 37.6 Å². The summed E-state index contributed by atoms with van der Waals surface area (Å²) in [4.78, 5) is 2.03. The highest BCUT2D eigenvalue weighted by molar-refractivity contribution is 7.99. The SMILES string of the molecule is Cc1ccc(Sc2cccc(S(C)(=O)=O)c2N)c(C)c1. The minimum atomic E-state index is -3.30. The van der Waals surface area contributed by atoms with Crippen LogP contribution >= 0.6 is 11.8 Å². The van der Waals surface area contributed by atoms with E-state index in [4.69, 9.17) is 5.73 Å². The fraction of sp³-hybridized carbons (Fsp3) is 0.200. The van der Waals surface area contributed by atoms with Gasteiger partial charge < -0.3 is 5.73 Å². The third-order valence-corrected chi connectivity index (χ3v) is 5.38. The van der Waals surface area contributed by atoms with Crippen molar-refractivity contribution in [2.24, 2.45) is 0 Å². The molecule has 0 unspecified atom stereocenters. The molecule has 0 atom stereocenters. The van der Waals surface area contributed by atoms with Crippen LogP contribution in [0.2, 0.25) is 0 Å². The summed E-state index contributed by atoms with van der Waals surface area (Å²) in [6.07, 6.45) is 1.17. The van der Waals surface area contributed by atoms with Gasteiger partial charge in [0, 0.05) is 16.0 Å². The van der Waals surface area contributed by atoms with E-state index >= 15 is 0 Å². The van der Waals surface area contributed by atoms with Crippen LogP contribution in [-0.4, -0.2) is 14.7 Å². The molecule has 0 saturated carbocycles. The fourth-order valence-electron chi connectivity index (χ4n) is 1.97. The summed E-state index contributed by atoms with van der Waals surface area (Å²) in [5.74, 6) is 0. The lowest BCUT2D eigenvalue weighted by molar-refractivity contribution is 0.602. The molecule has 0 fully saturated rings. The van der Waals surface area contributed by atoms with Gasteiger partial charge in [-0.15, -0.1) is 0 Å². The molecule has 0 aliphatic heterocycles. The van der Waals surface area contributed by atoms with Gasteiger partial charge in [0.15, 0.2) is 9.84 Å². The van der Waals surface area contributed by atoms with E-state index in [-0.39, 0.29) is 4.90 Å². The van der Waals surface area contributed by atoms with Gasteiger partial charge in [-0.2, -0.15) is 0 Å². The van der Waals surface area contributed by atoms with E-state index in [0.717, 1.165) is 15.4 Å². The van der Waals surface area contributed by atoms with Crippen LogP contribution in [0.5, 0.6) is 0 Å². The number of hydrogen-bond acceptors (Lipinski definition) is 4. The van der Waals surface area contributed by atoms with Gasteiger partial charge in [0.25, 0.3) is 0 Å². The molecule has 0 bridgehead atoms. The maximum Gasteiger partial charge on any atom is 0.177 e. The highest BCUT2D eigenvalue weighted by Gasteiger charge is 2.15. The Morgan fingerprint density at radius 2 is 1.75 bits per heavy atom. The predicted octanol–water partition coefficient (Wildman–Crippen LogP) is 3.44. The molecule has 3 nitrogen and oxygen atoms in total. The first-order valence-corrected chi connectivity index (χ1v) is 8.83. The second-order valence-corrected chi connectivity index (χ2v) is 7.88. The van der Waals surface area contributed by atoms with Crippen molar-refractivity contribution in [3.63, 3.8) is 0 Å². The summed E-state index contributed by atoms with van der Waals surface area (Å²) in [5.41, 5.74) is 8.67. The minimum absolute atomic E-state index is 0.187. The number of rotatable bonds is 3. The molecule has 0 heterocycles. The minimum Gasteiger partial charge on any atom is -0.397 e. The van der Waals surface area contributed by atoms with E-state index in [1.54, 1.807) is 6.07 Å². The summed E-state index contributed by atoms with van der Waals surface area (Å²) in [6, 6.07) is 11.3. The third kappa shape index (κ3) is 3.16. The topological polar surface area (TPSA) is 60.2 Å². The molecule has 0 aliphatic carbocycles. The maximum atomic E-state index is 11.7. The average Bonchev–Trinajstić information content (AvgIpc) is 2.33. The monoisotopic (exact) mass is 307 g/mol. The number of para-hydroxylation sites is 1. The summed E-state index contributed by atoms with van der Waals surface area (Å²) >= 11 is 1.49. The Morgan fingerprint density at radius 1 is 1.05 bits per heavy atom. The fourth-order valence-corrected chi connectivity index (χ4v) is 3.83. The Hall–Kier alpha value is -1.46. The molecule has 0 saturated heterocycles. The van der Waals surface area contributed by atoms with Gasteiger partial charge in [0.1, 0.15) is 0 Å². The van der Waals surface area contributed by atoms with Crippen LogP contribution in [0.3, 0.4) is 0 Å². The van der Waals surface area contributed by atoms with Gasteiger partial charge in [0.05, 0.1) is 10.6 Å². The number of anilines is 1. The highest BCUT2D eigenvalue weighted by Crippen LogP contribution is 2.36. The van der Waals surface area contributed by atoms with Crippen LogP contribution < -0.4 is 5.73 Å². The first-order chi connectivity index (χ1) is 9.29. The molecule has 5 heteroatoms. The van der Waals surface area contributed by atoms with Crippen molar-refractivity contribution in [1.82, 2.24) is 0 Å². The number of sulfone groups is 1. The lowest BCUT2D eigenvalue weighted by Gasteiger charge is -2.11. The maximum absolute atomic E-state index is 11.7. The molecule has 2 rings (SSSR count). The lowest BCUT2D eigenvalue weighted by atomic mass is 10.2. The zero-order valence-electron chi connectivity index (χ0n) is 11.7. The molecular formula is C15H17NO2S2. The van der Waals surface area contributed by atoms with Crippen molar-refractivity contribution in [1.29, 1.82) is 0 Å². The van der Waals surface area contributed by atoms with E-state index in [1.807, 2.05) is 32.0 Å². The second kappa shape index (κ2) is 5.50. The molecule has 2 N–H and O–H groups in total. The van der Waals surface area contributed by atoms with Crippen LogP contribution in [0.4, 0.5) is 5.69 Å². The van der Waals surface area contributed by atoms with Crippen LogP contribution in [-0.2, 0) is 9.84 Å². The largest absolute Gasteiger partial charge is 0.397 e. The number of hydrogen-bond donors (Lipinski definition) is 1. The van der Waals surface area contributed by atoms with Crippen molar-refractivity contribution in [3.8, 4) is 0 Å². The number of nitrogen functional groups attached to an aromatic ring is 1. The van der Waals surface area contributed by atoms with E-state index in [2.05, 4.69) is 6.07 Å². The standard InChI is InChI=1S/C15H17NO2S2/c1-10-7-8-12(11(2)9-10)19-13-5-4-6-14(15(13)16)20(3,17)18/h4-9H,16H2,1-3H3. The zero-order chi connectivity index (χ0) is 14.9. The smallest absolute Gasteiger partial charge is 0.177 e. The Labute approximate surface area is 124 Å². The van der Waals surface area contributed by atoms with Crippen molar-refractivity contribution in [2.75, 3.05) is 12.0 Å². The first-order valence-electron chi connectivity index (χ1n) is 6.12. The van der Waals surface area contributed by atoms with E-state index in [0.29, 0.717) is 5.69 Å². The number of nitrogens with two attached hydrogens (primary N) is 1. The molecule has 106 valence electrons. The van der Waals surface area contributed by atoms with Crippen LogP contribution in [0.25, 0.3) is 0 Å². The predicted molar refractivity (Wildman–Crippen MR) is 84.0 cm³/mol. The highest BCUT2D eigenvalue weighted by atomic mass is 32.2. The number of aryl methyl sites for hydroxylation is 2. The molecule has 2 aromatic carbocycles. The van der Waals surface area contributed by atoms with Crippen molar-refractivity contribution < 1.29 is 8.42 Å². The quantitative estimate of drug-likeness (QED) is 0.882. The van der Waals surface area contributed by atoms with Crippen LogP contribution in [0, 0.1) is 13.8 Å². The molecule has 0 aromatic heterocycles. The van der Waals surface area contributed by atoms with E-state index in [9.17, 15) is 8.42 Å². The number of benzene rings is 2. The first kappa shape index (κ1) is 14.9. The summed E-state index contributed by atoms with van der Waals surface area (Å²) < 4.78 is 23.4. The lowest BCUT2D eigenvalue weighted by Crippen LogP contribution is -2.03. The Balaban J connectivity index is 2.45. The third-order valence-electron chi connectivity index (χ3n) is 2.98. The molecular weight excluding hydrogens is 290 g/mol. The zero-order valence-corrected chi connectivity index (χ0v) is 13.3. The normalized spacial score (nSPS) is 11.6. The summed E-state index contributed by atoms with van der Waals surface area (Å²) in [6.45, 7) is 4.08. The van der Waals surface area contributed by atoms with Gasteiger partial charge in [-0.3, -0.25) is 0 Å². The van der Waals surface area contributed by atoms with Crippen molar-refractivity contribution in [2.45, 2.75) is 28.5 Å². The molecule has 20 heavy (non-hydrogen) atoms. The average molecular weight is 307 g/mol. The van der Waals surface area contributed by atoms with E-state index in [1.165, 1.54) is 29.6 Å². The van der Waals surface area contributed by atoms with Gasteiger partial charge in [0.2, 0.25) is 0 Å². The van der Waals surface area contributed by atoms with Crippen molar-refractivity contribution >= 4 is 27.3 Å². The van der Waals surface area contributed by atoms with Crippen LogP contribution in [0.1, 0.15) is 11.1 Å². The second-order valence-electron chi connectivity index (χ2n) is 4.81. The molecule has 2 aromatic rings. The summed E-state index contributed by atoms with van der Waals surface area (Å²) in [5, 5.41) is 0. The Morgan fingerprint density at radius 3 is 2.35 bits per heavy atom. The molecule has 0 aliphatic rings. The Bertz CT molecular complexity index is 752. The molecule has 0 amide bonds. The Kier molecular flexibility index (Phi) is 4.11. The van der Waals surface area contributed by atoms with E-state index < -0.39 is 9.84 Å². The van der Waals surface area contributed by atoms with Gasteiger partial charge in [-0.1, -0.05) is 35.5 Å².